The number of β-amino-alcohol motifs (C(OH)–C–C–N with tert-alkyl or cyclic N) is 1. The lowest BCUT2D eigenvalue weighted by Gasteiger charge is -2.29. The molecule has 0 saturated carbocycles. The second-order valence-corrected chi connectivity index (χ2v) is 6.83. The summed E-state index contributed by atoms with van der Waals surface area (Å²) < 4.78 is 0. The highest BCUT2D eigenvalue weighted by atomic mass is 16.3. The molecule has 0 bridgehead atoms. The van der Waals surface area contributed by atoms with E-state index in [1.807, 2.05) is 25.1 Å². The van der Waals surface area contributed by atoms with Gasteiger partial charge in [-0.15, -0.1) is 0 Å². The van der Waals surface area contributed by atoms with Crippen molar-refractivity contribution in [3.05, 3.63) is 30.1 Å². The predicted octanol–water partition coefficient (Wildman–Crippen LogP) is 0.687. The van der Waals surface area contributed by atoms with Crippen molar-refractivity contribution in [2.75, 3.05) is 38.1 Å². The normalized spacial score (nSPS) is 20.2. The Hall–Kier alpha value is -2.25. The number of hydrogen-bond acceptors (Lipinski definition) is 6. The predicted molar refractivity (Wildman–Crippen MR) is 97.4 cm³/mol. The molecule has 1 amide bonds. The molecule has 3 rings (SSSR count). The summed E-state index contributed by atoms with van der Waals surface area (Å²) in [5.74, 6) is -0.0407. The van der Waals surface area contributed by atoms with Crippen LogP contribution in [0.3, 0.4) is 0 Å². The molecule has 3 heterocycles. The van der Waals surface area contributed by atoms with Crippen LogP contribution in [0.25, 0.3) is 11.0 Å². The first-order chi connectivity index (χ1) is 11.9. The van der Waals surface area contributed by atoms with E-state index in [1.54, 1.807) is 18.1 Å². The fourth-order valence-electron chi connectivity index (χ4n) is 3.40. The molecule has 1 aliphatic heterocycles. The average Bonchev–Trinajstić information content (AvgIpc) is 2.96. The molecular weight excluding hydrogens is 318 g/mol. The quantitative estimate of drug-likeness (QED) is 0.829. The molecule has 0 aromatic carbocycles. The van der Waals surface area contributed by atoms with Gasteiger partial charge in [0.1, 0.15) is 11.1 Å². The number of carbonyl (C=O) groups excluding carboxylic acids is 1. The zero-order valence-electron chi connectivity index (χ0n) is 14.8. The largest absolute Gasteiger partial charge is 0.386 e. The minimum Gasteiger partial charge on any atom is -0.386 e. The van der Waals surface area contributed by atoms with E-state index >= 15 is 0 Å². The lowest BCUT2D eigenvalue weighted by Crippen LogP contribution is -2.46. The summed E-state index contributed by atoms with van der Waals surface area (Å²) in [6, 6.07) is 5.84. The van der Waals surface area contributed by atoms with E-state index < -0.39 is 5.60 Å². The van der Waals surface area contributed by atoms with Gasteiger partial charge in [-0.3, -0.25) is 9.78 Å². The summed E-state index contributed by atoms with van der Waals surface area (Å²) in [5, 5.41) is 10.9. The third-order valence-electron chi connectivity index (χ3n) is 4.69. The Morgan fingerprint density at radius 2 is 2.24 bits per heavy atom. The number of carbonyl (C=O) groups is 1. The smallest absolute Gasteiger partial charge is 0.223 e. The number of aromatic nitrogens is 2. The van der Waals surface area contributed by atoms with Gasteiger partial charge in [0.15, 0.2) is 0 Å². The standard InChI is InChI=1S/C18H25N5O2/c1-13-3-4-14-17(21-13)15(6-9-20-14)23-10-7-18(25,12-23)11-22(2)16(24)5-8-19/h3-4,6,9,25H,5,7-8,10-12,19H2,1-2H3/t18-/m0/s1. The summed E-state index contributed by atoms with van der Waals surface area (Å²) in [4.78, 5) is 24.6. The van der Waals surface area contributed by atoms with E-state index in [4.69, 9.17) is 5.73 Å². The zero-order valence-corrected chi connectivity index (χ0v) is 14.8. The molecule has 2 aromatic heterocycles. The lowest BCUT2D eigenvalue weighted by molar-refractivity contribution is -0.132. The molecule has 2 aromatic rings. The number of fused-ring (bicyclic) bond motifs is 1. The number of pyridine rings is 2. The van der Waals surface area contributed by atoms with Gasteiger partial charge in [-0.1, -0.05) is 0 Å². The van der Waals surface area contributed by atoms with Crippen LogP contribution in [0, 0.1) is 6.92 Å². The van der Waals surface area contributed by atoms with Crippen LogP contribution >= 0.6 is 0 Å². The fraction of sp³-hybridized carbons (Fsp3) is 0.500. The molecule has 25 heavy (non-hydrogen) atoms. The molecule has 3 N–H and O–H groups in total. The second kappa shape index (κ2) is 6.93. The zero-order chi connectivity index (χ0) is 18.0. The summed E-state index contributed by atoms with van der Waals surface area (Å²) in [6.07, 6.45) is 2.67. The molecule has 1 fully saturated rings. The maximum atomic E-state index is 11.9. The van der Waals surface area contributed by atoms with E-state index in [1.165, 1.54) is 0 Å². The van der Waals surface area contributed by atoms with Gasteiger partial charge in [0, 0.05) is 45.0 Å². The number of hydrogen-bond donors (Lipinski definition) is 2. The highest BCUT2D eigenvalue weighted by molar-refractivity contribution is 5.88. The minimum absolute atomic E-state index is 0.0407. The lowest BCUT2D eigenvalue weighted by atomic mass is 10.0. The molecule has 1 aliphatic rings. The van der Waals surface area contributed by atoms with Crippen LogP contribution in [0.5, 0.6) is 0 Å². The van der Waals surface area contributed by atoms with Crippen molar-refractivity contribution in [2.45, 2.75) is 25.4 Å². The van der Waals surface area contributed by atoms with E-state index in [0.29, 0.717) is 39.0 Å². The number of aliphatic hydroxyl groups is 1. The van der Waals surface area contributed by atoms with Crippen molar-refractivity contribution >= 4 is 22.6 Å². The van der Waals surface area contributed by atoms with E-state index in [-0.39, 0.29) is 5.91 Å². The van der Waals surface area contributed by atoms with Crippen molar-refractivity contribution in [1.82, 2.24) is 14.9 Å². The van der Waals surface area contributed by atoms with Gasteiger partial charge in [-0.25, -0.2) is 4.98 Å². The van der Waals surface area contributed by atoms with Gasteiger partial charge < -0.3 is 20.6 Å². The molecule has 134 valence electrons. The van der Waals surface area contributed by atoms with Crippen LogP contribution < -0.4 is 10.6 Å². The fourth-order valence-corrected chi connectivity index (χ4v) is 3.40. The average molecular weight is 343 g/mol. The second-order valence-electron chi connectivity index (χ2n) is 6.83. The molecule has 7 heteroatoms. The van der Waals surface area contributed by atoms with E-state index in [2.05, 4.69) is 14.9 Å². The van der Waals surface area contributed by atoms with Gasteiger partial charge in [-0.05, 0) is 31.5 Å². The van der Waals surface area contributed by atoms with Crippen molar-refractivity contribution < 1.29 is 9.90 Å². The number of rotatable bonds is 5. The maximum absolute atomic E-state index is 11.9. The SMILES string of the molecule is Cc1ccc2nccc(N3CC[C@](O)(CN(C)C(=O)CCN)C3)c2n1. The monoisotopic (exact) mass is 343 g/mol. The van der Waals surface area contributed by atoms with Crippen LogP contribution in [0.1, 0.15) is 18.5 Å². The molecule has 1 atom stereocenters. The maximum Gasteiger partial charge on any atom is 0.223 e. The van der Waals surface area contributed by atoms with Crippen LogP contribution in [0.2, 0.25) is 0 Å². The first-order valence-corrected chi connectivity index (χ1v) is 8.56. The molecule has 0 aliphatic carbocycles. The Morgan fingerprint density at radius 3 is 3.00 bits per heavy atom. The van der Waals surface area contributed by atoms with Gasteiger partial charge in [0.05, 0.1) is 17.7 Å². The minimum atomic E-state index is -0.932. The summed E-state index contributed by atoms with van der Waals surface area (Å²) in [5.41, 5.74) is 8.10. The number of aryl methyl sites for hydroxylation is 1. The summed E-state index contributed by atoms with van der Waals surface area (Å²) in [6.45, 7) is 3.75. The van der Waals surface area contributed by atoms with Crippen LogP contribution in [0.4, 0.5) is 5.69 Å². The Balaban J connectivity index is 1.79. The van der Waals surface area contributed by atoms with Crippen molar-refractivity contribution in [1.29, 1.82) is 0 Å². The Bertz CT molecular complexity index is 781. The Kier molecular flexibility index (Phi) is 4.87. The first-order valence-electron chi connectivity index (χ1n) is 8.56. The van der Waals surface area contributed by atoms with Crippen LogP contribution in [-0.4, -0.2) is 64.7 Å². The van der Waals surface area contributed by atoms with Crippen molar-refractivity contribution in [2.24, 2.45) is 5.73 Å². The van der Waals surface area contributed by atoms with Crippen LogP contribution in [-0.2, 0) is 4.79 Å². The van der Waals surface area contributed by atoms with E-state index in [9.17, 15) is 9.90 Å². The van der Waals surface area contributed by atoms with Crippen molar-refractivity contribution in [3.8, 4) is 0 Å². The molecule has 0 unspecified atom stereocenters. The van der Waals surface area contributed by atoms with Crippen molar-refractivity contribution in [3.63, 3.8) is 0 Å². The molecule has 7 nitrogen and oxygen atoms in total. The highest BCUT2D eigenvalue weighted by Gasteiger charge is 2.38. The molecule has 1 saturated heterocycles. The Labute approximate surface area is 147 Å². The number of nitrogens with two attached hydrogens (primary N) is 1. The molecular formula is C18H25N5O2. The third kappa shape index (κ3) is 3.72. The summed E-state index contributed by atoms with van der Waals surface area (Å²) >= 11 is 0. The topological polar surface area (TPSA) is 95.6 Å². The molecule has 0 spiro atoms. The van der Waals surface area contributed by atoms with E-state index in [0.717, 1.165) is 22.4 Å². The van der Waals surface area contributed by atoms with Gasteiger partial charge >= 0.3 is 0 Å². The third-order valence-corrected chi connectivity index (χ3v) is 4.69. The molecule has 0 radical (unpaired) electrons. The number of likely N-dealkylation sites (N-methyl/N-ethyl adjacent to an activating group) is 1. The first kappa shape index (κ1) is 17.6. The van der Waals surface area contributed by atoms with Gasteiger partial charge in [0.2, 0.25) is 5.91 Å². The van der Waals surface area contributed by atoms with Gasteiger partial charge in [-0.2, -0.15) is 0 Å². The van der Waals surface area contributed by atoms with Crippen LogP contribution in [0.15, 0.2) is 24.4 Å². The Morgan fingerprint density at radius 1 is 1.44 bits per heavy atom. The number of anilines is 1. The number of amides is 1. The highest BCUT2D eigenvalue weighted by Crippen LogP contribution is 2.31. The summed E-state index contributed by atoms with van der Waals surface area (Å²) in [7, 11) is 1.71. The number of nitrogens with zero attached hydrogens (tertiary/aromatic N) is 4. The van der Waals surface area contributed by atoms with Gasteiger partial charge in [0.25, 0.3) is 0 Å².